The summed E-state index contributed by atoms with van der Waals surface area (Å²) in [7, 11) is 0. The second kappa shape index (κ2) is 4.58. The Balaban J connectivity index is 2.64. The zero-order chi connectivity index (χ0) is 14.2. The second-order valence-corrected chi connectivity index (χ2v) is 4.03. The van der Waals surface area contributed by atoms with Gasteiger partial charge < -0.3 is 5.11 Å². The third kappa shape index (κ3) is 2.55. The molecule has 0 saturated heterocycles. The Labute approximate surface area is 110 Å². The monoisotopic (exact) mass is 290 g/mol. The van der Waals surface area contributed by atoms with Crippen LogP contribution in [0.4, 0.5) is 13.2 Å². The number of aromatic nitrogens is 2. The predicted octanol–water partition coefficient (Wildman–Crippen LogP) is 3.24. The molecule has 0 unspecified atom stereocenters. The van der Waals surface area contributed by atoms with Crippen molar-refractivity contribution in [2.75, 3.05) is 0 Å². The normalized spacial score (nSPS) is 11.6. The van der Waals surface area contributed by atoms with Crippen LogP contribution in [0.25, 0.3) is 5.69 Å². The zero-order valence-corrected chi connectivity index (χ0v) is 9.90. The van der Waals surface area contributed by atoms with Crippen LogP contribution in [-0.4, -0.2) is 20.9 Å². The minimum atomic E-state index is -4.83. The molecule has 0 aliphatic carbocycles. The maximum atomic E-state index is 12.9. The van der Waals surface area contributed by atoms with Crippen LogP contribution < -0.4 is 0 Å². The van der Waals surface area contributed by atoms with E-state index in [-0.39, 0.29) is 5.69 Å². The maximum Gasteiger partial charge on any atom is 0.434 e. The van der Waals surface area contributed by atoms with Crippen molar-refractivity contribution in [3.8, 4) is 5.69 Å². The van der Waals surface area contributed by atoms with E-state index in [9.17, 15) is 18.0 Å². The first kappa shape index (κ1) is 13.4. The van der Waals surface area contributed by atoms with Crippen LogP contribution >= 0.6 is 11.6 Å². The van der Waals surface area contributed by atoms with E-state index in [4.69, 9.17) is 16.7 Å². The molecule has 0 bridgehead atoms. The second-order valence-electron chi connectivity index (χ2n) is 3.60. The molecular weight excluding hydrogens is 285 g/mol. The van der Waals surface area contributed by atoms with Crippen LogP contribution in [0.3, 0.4) is 0 Å². The molecule has 8 heteroatoms. The Bertz CT molecular complexity index is 620. The molecule has 0 saturated carbocycles. The highest BCUT2D eigenvalue weighted by Gasteiger charge is 2.40. The molecule has 1 aromatic carbocycles. The molecule has 100 valence electrons. The van der Waals surface area contributed by atoms with Crippen LogP contribution in [0.15, 0.2) is 30.5 Å². The highest BCUT2D eigenvalue weighted by molar-refractivity contribution is 6.30. The van der Waals surface area contributed by atoms with Gasteiger partial charge in [0.15, 0.2) is 5.69 Å². The number of benzene rings is 1. The van der Waals surface area contributed by atoms with Gasteiger partial charge >= 0.3 is 12.1 Å². The van der Waals surface area contributed by atoms with Gasteiger partial charge in [-0.1, -0.05) is 11.6 Å². The lowest BCUT2D eigenvalue weighted by Crippen LogP contribution is -2.17. The fourth-order valence-electron chi connectivity index (χ4n) is 1.56. The molecule has 4 nitrogen and oxygen atoms in total. The number of hydrogen-bond donors (Lipinski definition) is 1. The Kier molecular flexibility index (Phi) is 3.23. The lowest BCUT2D eigenvalue weighted by molar-refractivity contribution is -0.143. The average molecular weight is 291 g/mol. The van der Waals surface area contributed by atoms with E-state index in [1.807, 2.05) is 0 Å². The molecule has 2 rings (SSSR count). The van der Waals surface area contributed by atoms with Gasteiger partial charge in [0, 0.05) is 5.02 Å². The fourth-order valence-corrected chi connectivity index (χ4v) is 1.68. The van der Waals surface area contributed by atoms with Crippen LogP contribution in [0.2, 0.25) is 5.02 Å². The molecule has 1 N–H and O–H groups in total. The lowest BCUT2D eigenvalue weighted by atomic mass is 10.2. The van der Waals surface area contributed by atoms with E-state index in [2.05, 4.69) is 5.10 Å². The third-order valence-electron chi connectivity index (χ3n) is 2.34. The molecule has 0 fully saturated rings. The number of nitrogens with zero attached hydrogens (tertiary/aromatic N) is 2. The molecule has 0 amide bonds. The van der Waals surface area contributed by atoms with Gasteiger partial charge in [0.05, 0.1) is 11.9 Å². The summed E-state index contributed by atoms with van der Waals surface area (Å²) in [6, 6.07) is 5.41. The Morgan fingerprint density at radius 3 is 2.32 bits per heavy atom. The minimum absolute atomic E-state index is 0.0734. The number of hydrogen-bond acceptors (Lipinski definition) is 2. The number of carboxylic acids is 1. The lowest BCUT2D eigenvalue weighted by Gasteiger charge is -2.11. The summed E-state index contributed by atoms with van der Waals surface area (Å²) in [6.45, 7) is 0. The van der Waals surface area contributed by atoms with Gasteiger partial charge in [-0.2, -0.15) is 18.3 Å². The largest absolute Gasteiger partial charge is 0.478 e. The molecule has 0 aliphatic heterocycles. The van der Waals surface area contributed by atoms with Crippen LogP contribution in [0.1, 0.15) is 16.1 Å². The minimum Gasteiger partial charge on any atom is -0.478 e. The number of aromatic carboxylic acids is 1. The van der Waals surface area contributed by atoms with Crippen molar-refractivity contribution in [2.45, 2.75) is 6.18 Å². The highest BCUT2D eigenvalue weighted by atomic mass is 35.5. The molecule has 1 aromatic heterocycles. The Morgan fingerprint density at radius 2 is 1.84 bits per heavy atom. The molecule has 2 aromatic rings. The molecule has 0 atom stereocenters. The first-order valence-corrected chi connectivity index (χ1v) is 5.33. The van der Waals surface area contributed by atoms with E-state index >= 15 is 0 Å². The van der Waals surface area contributed by atoms with Crippen molar-refractivity contribution >= 4 is 17.6 Å². The first-order valence-electron chi connectivity index (χ1n) is 4.95. The van der Waals surface area contributed by atoms with Crippen molar-refractivity contribution in [2.24, 2.45) is 0 Å². The summed E-state index contributed by atoms with van der Waals surface area (Å²) in [4.78, 5) is 10.8. The molecule has 0 radical (unpaired) electrons. The standard InChI is InChI=1S/C11H6ClF3N2O2/c12-6-1-3-7(4-2-6)17-9(11(13,14)15)8(5-16-17)10(18)19/h1-5H,(H,18,19). The summed E-state index contributed by atoms with van der Waals surface area (Å²) in [6.07, 6.45) is -4.16. The summed E-state index contributed by atoms with van der Waals surface area (Å²) in [5, 5.41) is 12.6. The third-order valence-corrected chi connectivity index (χ3v) is 2.59. The van der Waals surface area contributed by atoms with Gasteiger partial charge in [0.25, 0.3) is 0 Å². The number of alkyl halides is 3. The quantitative estimate of drug-likeness (QED) is 0.924. The van der Waals surface area contributed by atoms with Gasteiger partial charge in [-0.25, -0.2) is 9.48 Å². The highest BCUT2D eigenvalue weighted by Crippen LogP contribution is 2.33. The Hall–Kier alpha value is -2.02. The predicted molar refractivity (Wildman–Crippen MR) is 60.5 cm³/mol. The van der Waals surface area contributed by atoms with E-state index in [1.54, 1.807) is 0 Å². The number of halogens is 4. The van der Waals surface area contributed by atoms with Gasteiger partial charge in [0.1, 0.15) is 5.56 Å². The van der Waals surface area contributed by atoms with Crippen LogP contribution in [-0.2, 0) is 6.18 Å². The topological polar surface area (TPSA) is 55.1 Å². The SMILES string of the molecule is O=C(O)c1cnn(-c2ccc(Cl)cc2)c1C(F)(F)F. The van der Waals surface area contributed by atoms with E-state index in [0.29, 0.717) is 15.9 Å². The first-order chi connectivity index (χ1) is 8.80. The maximum absolute atomic E-state index is 12.9. The summed E-state index contributed by atoms with van der Waals surface area (Å²) >= 11 is 5.64. The number of carboxylic acid groups (broad SMARTS) is 1. The smallest absolute Gasteiger partial charge is 0.434 e. The van der Waals surface area contributed by atoms with Gasteiger partial charge in [0.2, 0.25) is 0 Å². The van der Waals surface area contributed by atoms with E-state index in [1.165, 1.54) is 24.3 Å². The van der Waals surface area contributed by atoms with E-state index in [0.717, 1.165) is 0 Å². The Morgan fingerprint density at radius 1 is 1.26 bits per heavy atom. The zero-order valence-electron chi connectivity index (χ0n) is 9.15. The van der Waals surface area contributed by atoms with Crippen molar-refractivity contribution in [3.05, 3.63) is 46.7 Å². The van der Waals surface area contributed by atoms with Gasteiger partial charge in [-0.05, 0) is 24.3 Å². The molecule has 19 heavy (non-hydrogen) atoms. The van der Waals surface area contributed by atoms with Crippen molar-refractivity contribution in [3.63, 3.8) is 0 Å². The number of carbonyl (C=O) groups is 1. The molecule has 0 aliphatic rings. The molecule has 0 spiro atoms. The van der Waals surface area contributed by atoms with Gasteiger partial charge in [-0.3, -0.25) is 0 Å². The molecular formula is C11H6ClF3N2O2. The van der Waals surface area contributed by atoms with Crippen molar-refractivity contribution in [1.82, 2.24) is 9.78 Å². The summed E-state index contributed by atoms with van der Waals surface area (Å²) in [5.74, 6) is -1.69. The van der Waals surface area contributed by atoms with Crippen molar-refractivity contribution in [1.29, 1.82) is 0 Å². The summed E-state index contributed by atoms with van der Waals surface area (Å²) < 4.78 is 39.3. The average Bonchev–Trinajstić information content (AvgIpc) is 2.74. The fraction of sp³-hybridized carbons (Fsp3) is 0.0909. The van der Waals surface area contributed by atoms with Crippen LogP contribution in [0, 0.1) is 0 Å². The summed E-state index contributed by atoms with van der Waals surface area (Å²) in [5.41, 5.74) is -2.16. The van der Waals surface area contributed by atoms with E-state index < -0.39 is 23.4 Å². The van der Waals surface area contributed by atoms with Gasteiger partial charge in [-0.15, -0.1) is 0 Å². The van der Waals surface area contributed by atoms with Crippen molar-refractivity contribution < 1.29 is 23.1 Å². The molecule has 1 heterocycles. The number of rotatable bonds is 2. The van der Waals surface area contributed by atoms with Crippen LogP contribution in [0.5, 0.6) is 0 Å².